The molecule has 0 spiro atoms. The van der Waals surface area contributed by atoms with Gasteiger partial charge in [-0.3, -0.25) is 9.88 Å². The molecule has 0 aromatic carbocycles. The van der Waals surface area contributed by atoms with Gasteiger partial charge in [0, 0.05) is 45.1 Å². The first-order valence-corrected chi connectivity index (χ1v) is 6.96. The molecule has 1 saturated heterocycles. The Morgan fingerprint density at radius 2 is 1.90 bits per heavy atom. The van der Waals surface area contributed by atoms with E-state index in [1.54, 1.807) is 12.4 Å². The minimum Gasteiger partial charge on any atom is -0.392 e. The van der Waals surface area contributed by atoms with Crippen LogP contribution < -0.4 is 10.6 Å². The summed E-state index contributed by atoms with van der Waals surface area (Å²) >= 11 is 4.95. The summed E-state index contributed by atoms with van der Waals surface area (Å²) in [4.78, 5) is 18.1. The highest BCUT2D eigenvalue weighted by Crippen LogP contribution is 2.16. The van der Waals surface area contributed by atoms with Gasteiger partial charge in [-0.05, 0) is 12.1 Å². The van der Waals surface area contributed by atoms with E-state index in [1.165, 1.54) is 0 Å². The van der Waals surface area contributed by atoms with Crippen molar-refractivity contribution in [3.63, 3.8) is 0 Å². The van der Waals surface area contributed by atoms with E-state index < -0.39 is 0 Å². The van der Waals surface area contributed by atoms with Gasteiger partial charge < -0.3 is 10.6 Å². The first-order valence-electron chi connectivity index (χ1n) is 6.56. The number of hydrogen-bond acceptors (Lipinski definition) is 6. The minimum absolute atomic E-state index is 0.553. The highest BCUT2D eigenvalue weighted by atomic mass is 32.1. The molecule has 104 valence electrons. The zero-order chi connectivity index (χ0) is 13.9. The standard InChI is InChI=1S/C13H16N6S/c14-11(20)9-18-5-7-19(8-6-18)12-2-1-10-13(17-12)16-4-3-15-10/h1-4H,5-9H2,(H2,14,20). The number of pyridine rings is 1. The summed E-state index contributed by atoms with van der Waals surface area (Å²) in [5.41, 5.74) is 7.09. The molecule has 7 heteroatoms. The fourth-order valence-corrected chi connectivity index (χ4v) is 2.56. The summed E-state index contributed by atoms with van der Waals surface area (Å²) in [6, 6.07) is 3.96. The average Bonchev–Trinajstić information content (AvgIpc) is 2.47. The topological polar surface area (TPSA) is 71.2 Å². The highest BCUT2D eigenvalue weighted by Gasteiger charge is 2.18. The van der Waals surface area contributed by atoms with Gasteiger partial charge in [0.15, 0.2) is 5.65 Å². The molecule has 2 aromatic rings. The fraction of sp³-hybridized carbons (Fsp3) is 0.385. The van der Waals surface area contributed by atoms with E-state index in [0.29, 0.717) is 17.2 Å². The molecule has 0 amide bonds. The highest BCUT2D eigenvalue weighted by molar-refractivity contribution is 7.80. The van der Waals surface area contributed by atoms with Crippen LogP contribution in [0.15, 0.2) is 24.5 Å². The van der Waals surface area contributed by atoms with Crippen molar-refractivity contribution >= 4 is 34.2 Å². The summed E-state index contributed by atoms with van der Waals surface area (Å²) in [7, 11) is 0. The maximum atomic E-state index is 5.58. The summed E-state index contributed by atoms with van der Waals surface area (Å²) in [6.45, 7) is 4.41. The van der Waals surface area contributed by atoms with Crippen molar-refractivity contribution in [2.75, 3.05) is 37.6 Å². The Hall–Kier alpha value is -1.86. The third-order valence-corrected chi connectivity index (χ3v) is 3.52. The van der Waals surface area contributed by atoms with Crippen LogP contribution in [0.4, 0.5) is 5.82 Å². The monoisotopic (exact) mass is 288 g/mol. The zero-order valence-corrected chi connectivity index (χ0v) is 11.9. The lowest BCUT2D eigenvalue weighted by atomic mass is 10.3. The molecular weight excluding hydrogens is 272 g/mol. The van der Waals surface area contributed by atoms with Gasteiger partial charge in [-0.25, -0.2) is 9.97 Å². The molecule has 6 nitrogen and oxygen atoms in total. The molecule has 1 aliphatic rings. The quantitative estimate of drug-likeness (QED) is 0.821. The van der Waals surface area contributed by atoms with Crippen LogP contribution in [0.3, 0.4) is 0 Å². The number of anilines is 1. The molecule has 0 bridgehead atoms. The molecule has 1 aliphatic heterocycles. The lowest BCUT2D eigenvalue weighted by Gasteiger charge is -2.35. The van der Waals surface area contributed by atoms with Gasteiger partial charge in [-0.15, -0.1) is 0 Å². The van der Waals surface area contributed by atoms with Crippen LogP contribution in [0.1, 0.15) is 0 Å². The maximum Gasteiger partial charge on any atom is 0.180 e. The predicted molar refractivity (Wildman–Crippen MR) is 82.8 cm³/mol. The van der Waals surface area contributed by atoms with E-state index in [4.69, 9.17) is 18.0 Å². The van der Waals surface area contributed by atoms with Gasteiger partial charge in [-0.1, -0.05) is 12.2 Å². The van der Waals surface area contributed by atoms with Crippen molar-refractivity contribution in [1.29, 1.82) is 0 Å². The number of nitrogens with zero attached hydrogens (tertiary/aromatic N) is 5. The van der Waals surface area contributed by atoms with Crippen LogP contribution in [-0.4, -0.2) is 57.6 Å². The molecule has 0 unspecified atom stereocenters. The first kappa shape index (κ1) is 13.1. The minimum atomic E-state index is 0.553. The second-order valence-corrected chi connectivity index (χ2v) is 5.32. The van der Waals surface area contributed by atoms with Crippen molar-refractivity contribution in [2.45, 2.75) is 0 Å². The van der Waals surface area contributed by atoms with Gasteiger partial charge in [0.05, 0.1) is 4.99 Å². The zero-order valence-electron chi connectivity index (χ0n) is 11.1. The molecule has 0 atom stereocenters. The number of piperazine rings is 1. The fourth-order valence-electron chi connectivity index (χ4n) is 2.38. The first-order chi connectivity index (χ1) is 9.72. The van der Waals surface area contributed by atoms with Crippen molar-refractivity contribution in [3.05, 3.63) is 24.5 Å². The number of nitrogens with two attached hydrogens (primary N) is 1. The van der Waals surface area contributed by atoms with Crippen LogP contribution in [0.25, 0.3) is 11.2 Å². The lowest BCUT2D eigenvalue weighted by molar-refractivity contribution is 0.291. The largest absolute Gasteiger partial charge is 0.392 e. The van der Waals surface area contributed by atoms with Crippen molar-refractivity contribution in [2.24, 2.45) is 5.73 Å². The van der Waals surface area contributed by atoms with Gasteiger partial charge >= 0.3 is 0 Å². The van der Waals surface area contributed by atoms with Crippen molar-refractivity contribution in [3.8, 4) is 0 Å². The Morgan fingerprint density at radius 3 is 2.65 bits per heavy atom. The second kappa shape index (κ2) is 5.64. The predicted octanol–water partition coefficient (Wildman–Crippen LogP) is 0.433. The van der Waals surface area contributed by atoms with Crippen molar-refractivity contribution < 1.29 is 0 Å². The maximum absolute atomic E-state index is 5.58. The van der Waals surface area contributed by atoms with Crippen LogP contribution in [0, 0.1) is 0 Å². The number of rotatable bonds is 3. The number of aromatic nitrogens is 3. The Morgan fingerprint density at radius 1 is 1.15 bits per heavy atom. The molecule has 2 aromatic heterocycles. The summed E-state index contributed by atoms with van der Waals surface area (Å²) in [5.74, 6) is 0.952. The summed E-state index contributed by atoms with van der Waals surface area (Å²) in [6.07, 6.45) is 3.34. The summed E-state index contributed by atoms with van der Waals surface area (Å²) < 4.78 is 0. The Bertz CT molecular complexity index is 623. The molecule has 3 rings (SSSR count). The second-order valence-electron chi connectivity index (χ2n) is 4.80. The Kier molecular flexibility index (Phi) is 3.70. The van der Waals surface area contributed by atoms with E-state index in [0.717, 1.165) is 37.5 Å². The number of fused-ring (bicyclic) bond motifs is 1. The van der Waals surface area contributed by atoms with Crippen molar-refractivity contribution in [1.82, 2.24) is 19.9 Å². The molecule has 1 fully saturated rings. The lowest BCUT2D eigenvalue weighted by Crippen LogP contribution is -2.48. The van der Waals surface area contributed by atoms with E-state index in [1.807, 2.05) is 12.1 Å². The van der Waals surface area contributed by atoms with Crippen LogP contribution >= 0.6 is 12.2 Å². The third kappa shape index (κ3) is 2.83. The van der Waals surface area contributed by atoms with Gasteiger partial charge in [0.1, 0.15) is 11.3 Å². The Labute approximate surface area is 122 Å². The van der Waals surface area contributed by atoms with Gasteiger partial charge in [0.25, 0.3) is 0 Å². The van der Waals surface area contributed by atoms with E-state index in [9.17, 15) is 0 Å². The molecular formula is C13H16N6S. The third-order valence-electron chi connectivity index (χ3n) is 3.39. The Balaban J connectivity index is 1.71. The average molecular weight is 288 g/mol. The molecule has 2 N–H and O–H groups in total. The van der Waals surface area contributed by atoms with Gasteiger partial charge in [0.2, 0.25) is 0 Å². The smallest absolute Gasteiger partial charge is 0.180 e. The molecule has 0 radical (unpaired) electrons. The molecule has 0 aliphatic carbocycles. The van der Waals surface area contributed by atoms with E-state index >= 15 is 0 Å². The number of hydrogen-bond donors (Lipinski definition) is 1. The van der Waals surface area contributed by atoms with E-state index in [2.05, 4.69) is 24.8 Å². The van der Waals surface area contributed by atoms with Gasteiger partial charge in [-0.2, -0.15) is 0 Å². The van der Waals surface area contributed by atoms with Crippen LogP contribution in [-0.2, 0) is 0 Å². The SMILES string of the molecule is NC(=S)CN1CCN(c2ccc3nccnc3n2)CC1. The van der Waals surface area contributed by atoms with E-state index in [-0.39, 0.29) is 0 Å². The summed E-state index contributed by atoms with van der Waals surface area (Å²) in [5, 5.41) is 0. The number of thiocarbonyl (C=S) groups is 1. The molecule has 0 saturated carbocycles. The molecule has 20 heavy (non-hydrogen) atoms. The molecule has 3 heterocycles. The van der Waals surface area contributed by atoms with Crippen LogP contribution in [0.2, 0.25) is 0 Å². The van der Waals surface area contributed by atoms with Crippen LogP contribution in [0.5, 0.6) is 0 Å². The normalized spacial score (nSPS) is 16.5.